The number of para-hydroxylation sites is 1. The predicted octanol–water partition coefficient (Wildman–Crippen LogP) is 2.44. The first-order chi connectivity index (χ1) is 12.8. The summed E-state index contributed by atoms with van der Waals surface area (Å²) in [6.07, 6.45) is 1.60. The molecule has 1 N–H and O–H groups in total. The minimum Gasteiger partial charge on any atom is -0.376 e. The van der Waals surface area contributed by atoms with E-state index in [2.05, 4.69) is 15.3 Å². The van der Waals surface area contributed by atoms with Crippen molar-refractivity contribution in [3.8, 4) is 11.4 Å². The van der Waals surface area contributed by atoms with E-state index in [1.54, 1.807) is 12.3 Å². The van der Waals surface area contributed by atoms with Crippen LogP contribution in [0.15, 0.2) is 54.7 Å². The zero-order valence-electron chi connectivity index (χ0n) is 14.2. The number of carbonyl (C=O) groups excluding carboxylic acids is 1. The Hall–Kier alpha value is -2.83. The Morgan fingerprint density at radius 2 is 2.00 bits per heavy atom. The Balaban J connectivity index is 1.65. The van der Waals surface area contributed by atoms with Crippen molar-refractivity contribution in [3.63, 3.8) is 0 Å². The highest BCUT2D eigenvalue weighted by Gasteiger charge is 2.18. The molecule has 1 fully saturated rings. The molecule has 3 aromatic rings. The molecule has 0 bridgehead atoms. The van der Waals surface area contributed by atoms with Gasteiger partial charge < -0.3 is 14.8 Å². The van der Waals surface area contributed by atoms with Crippen LogP contribution in [0.1, 0.15) is 10.4 Å². The van der Waals surface area contributed by atoms with Gasteiger partial charge in [0.2, 0.25) is 0 Å². The van der Waals surface area contributed by atoms with Gasteiger partial charge in [0.25, 0.3) is 5.91 Å². The first kappa shape index (κ1) is 16.6. The molecule has 6 nitrogen and oxygen atoms in total. The Labute approximate surface area is 151 Å². The molecule has 0 saturated carbocycles. The number of benzene rings is 1. The maximum absolute atomic E-state index is 12.8. The van der Waals surface area contributed by atoms with Crippen LogP contribution in [0.3, 0.4) is 0 Å². The fourth-order valence-electron chi connectivity index (χ4n) is 2.96. The normalized spacial score (nSPS) is 17.2. The van der Waals surface area contributed by atoms with Crippen molar-refractivity contribution in [1.82, 2.24) is 15.3 Å². The maximum Gasteiger partial charge on any atom is 0.252 e. The molecule has 6 heteroatoms. The summed E-state index contributed by atoms with van der Waals surface area (Å²) in [6, 6.07) is 15.0. The average molecular weight is 349 g/mol. The number of fused-ring (bicyclic) bond motifs is 1. The summed E-state index contributed by atoms with van der Waals surface area (Å²) in [5.74, 6) is -0.157. The van der Waals surface area contributed by atoms with Crippen molar-refractivity contribution < 1.29 is 14.3 Å². The summed E-state index contributed by atoms with van der Waals surface area (Å²) in [5, 5.41) is 3.76. The van der Waals surface area contributed by atoms with Crippen molar-refractivity contribution in [3.05, 3.63) is 60.3 Å². The topological polar surface area (TPSA) is 73.3 Å². The molecule has 0 aliphatic carbocycles. The smallest absolute Gasteiger partial charge is 0.252 e. The fraction of sp³-hybridized carbons (Fsp3) is 0.250. The number of carbonyl (C=O) groups is 1. The lowest BCUT2D eigenvalue weighted by Crippen LogP contribution is -2.39. The highest BCUT2D eigenvalue weighted by Crippen LogP contribution is 2.23. The third-order valence-corrected chi connectivity index (χ3v) is 4.26. The van der Waals surface area contributed by atoms with E-state index in [1.807, 2.05) is 42.5 Å². The number of aromatic nitrogens is 2. The second-order valence-corrected chi connectivity index (χ2v) is 6.06. The van der Waals surface area contributed by atoms with Gasteiger partial charge in [0, 0.05) is 18.1 Å². The number of hydrogen-bond donors (Lipinski definition) is 1. The summed E-state index contributed by atoms with van der Waals surface area (Å²) >= 11 is 0. The van der Waals surface area contributed by atoms with E-state index in [0.717, 1.165) is 16.6 Å². The van der Waals surface area contributed by atoms with Gasteiger partial charge in [-0.15, -0.1) is 0 Å². The van der Waals surface area contributed by atoms with Crippen LogP contribution in [0, 0.1) is 0 Å². The number of ether oxygens (including phenoxy) is 2. The molecule has 2 aromatic heterocycles. The van der Waals surface area contributed by atoms with Crippen LogP contribution < -0.4 is 5.32 Å². The van der Waals surface area contributed by atoms with Crippen LogP contribution in [0.25, 0.3) is 22.3 Å². The number of hydrogen-bond acceptors (Lipinski definition) is 5. The molecule has 26 heavy (non-hydrogen) atoms. The van der Waals surface area contributed by atoms with Crippen molar-refractivity contribution in [2.75, 3.05) is 26.4 Å². The molecule has 1 aliphatic rings. The van der Waals surface area contributed by atoms with E-state index in [1.165, 1.54) is 0 Å². The van der Waals surface area contributed by atoms with Gasteiger partial charge in [-0.2, -0.15) is 0 Å². The van der Waals surface area contributed by atoms with Gasteiger partial charge in [-0.25, -0.2) is 4.98 Å². The lowest BCUT2D eigenvalue weighted by Gasteiger charge is -2.23. The van der Waals surface area contributed by atoms with E-state index in [-0.39, 0.29) is 12.0 Å². The number of nitrogens with zero attached hydrogens (tertiary/aromatic N) is 2. The zero-order chi connectivity index (χ0) is 17.8. The molecule has 132 valence electrons. The Morgan fingerprint density at radius 3 is 2.81 bits per heavy atom. The van der Waals surface area contributed by atoms with Gasteiger partial charge in [0.1, 0.15) is 0 Å². The summed E-state index contributed by atoms with van der Waals surface area (Å²) in [7, 11) is 0. The molecule has 1 aromatic carbocycles. The third kappa shape index (κ3) is 3.56. The zero-order valence-corrected chi connectivity index (χ0v) is 14.2. The summed E-state index contributed by atoms with van der Waals surface area (Å²) < 4.78 is 11.0. The van der Waals surface area contributed by atoms with Gasteiger partial charge >= 0.3 is 0 Å². The number of amides is 1. The first-order valence-electron chi connectivity index (χ1n) is 8.60. The Morgan fingerprint density at radius 1 is 1.12 bits per heavy atom. The average Bonchev–Trinajstić information content (AvgIpc) is 2.72. The van der Waals surface area contributed by atoms with E-state index >= 15 is 0 Å². The molecule has 0 radical (unpaired) electrons. The van der Waals surface area contributed by atoms with Crippen LogP contribution in [-0.4, -0.2) is 48.3 Å². The van der Waals surface area contributed by atoms with Crippen molar-refractivity contribution >= 4 is 16.8 Å². The molecule has 1 aliphatic heterocycles. The number of rotatable bonds is 4. The van der Waals surface area contributed by atoms with Gasteiger partial charge in [-0.05, 0) is 24.3 Å². The molecule has 1 unspecified atom stereocenters. The molecule has 1 atom stereocenters. The predicted molar refractivity (Wildman–Crippen MR) is 97.9 cm³/mol. The minimum absolute atomic E-state index is 0.115. The van der Waals surface area contributed by atoms with Crippen LogP contribution >= 0.6 is 0 Å². The van der Waals surface area contributed by atoms with E-state index in [9.17, 15) is 4.79 Å². The SMILES string of the molecule is O=C(NCC1COCCO1)c1cc(-c2ccccn2)nc2ccccc12. The number of nitrogens with one attached hydrogen (secondary N) is 1. The maximum atomic E-state index is 12.8. The van der Waals surface area contributed by atoms with Crippen molar-refractivity contribution in [1.29, 1.82) is 0 Å². The van der Waals surface area contributed by atoms with E-state index < -0.39 is 0 Å². The van der Waals surface area contributed by atoms with Crippen LogP contribution in [0.4, 0.5) is 0 Å². The van der Waals surface area contributed by atoms with Crippen molar-refractivity contribution in [2.45, 2.75) is 6.10 Å². The van der Waals surface area contributed by atoms with Crippen LogP contribution in [0.5, 0.6) is 0 Å². The summed E-state index contributed by atoms with van der Waals surface area (Å²) in [5.41, 5.74) is 2.74. The third-order valence-electron chi connectivity index (χ3n) is 4.26. The molecule has 0 spiro atoms. The van der Waals surface area contributed by atoms with Crippen LogP contribution in [-0.2, 0) is 9.47 Å². The molecule has 3 heterocycles. The standard InChI is InChI=1S/C20H19N3O3/c24-20(22-12-14-13-25-9-10-26-14)16-11-19(18-7-3-4-8-21-18)23-17-6-2-1-5-15(16)17/h1-8,11,14H,9-10,12-13H2,(H,22,24). The number of pyridine rings is 2. The Bertz CT molecular complexity index is 909. The van der Waals surface area contributed by atoms with Gasteiger partial charge in [0.05, 0.1) is 48.4 Å². The van der Waals surface area contributed by atoms with Crippen molar-refractivity contribution in [2.24, 2.45) is 0 Å². The monoisotopic (exact) mass is 349 g/mol. The molecular formula is C20H19N3O3. The summed E-state index contributed by atoms with van der Waals surface area (Å²) in [4.78, 5) is 21.8. The highest BCUT2D eigenvalue weighted by atomic mass is 16.6. The lowest BCUT2D eigenvalue weighted by atomic mass is 10.1. The van der Waals surface area contributed by atoms with Crippen LogP contribution in [0.2, 0.25) is 0 Å². The van der Waals surface area contributed by atoms with E-state index in [0.29, 0.717) is 37.6 Å². The molecule has 1 amide bonds. The molecule has 4 rings (SSSR count). The Kier molecular flexibility index (Phi) is 4.86. The van der Waals surface area contributed by atoms with Gasteiger partial charge in [0.15, 0.2) is 0 Å². The lowest BCUT2D eigenvalue weighted by molar-refractivity contribution is -0.0855. The summed E-state index contributed by atoms with van der Waals surface area (Å²) in [6.45, 7) is 2.07. The highest BCUT2D eigenvalue weighted by molar-refractivity contribution is 6.07. The first-order valence-corrected chi connectivity index (χ1v) is 8.60. The van der Waals surface area contributed by atoms with Gasteiger partial charge in [-0.1, -0.05) is 24.3 Å². The quantitative estimate of drug-likeness (QED) is 0.783. The molecular weight excluding hydrogens is 330 g/mol. The fourth-order valence-corrected chi connectivity index (χ4v) is 2.96. The largest absolute Gasteiger partial charge is 0.376 e. The molecule has 1 saturated heterocycles. The second-order valence-electron chi connectivity index (χ2n) is 6.06. The minimum atomic E-state index is -0.157. The van der Waals surface area contributed by atoms with Gasteiger partial charge in [-0.3, -0.25) is 9.78 Å². The second kappa shape index (κ2) is 7.59. The van der Waals surface area contributed by atoms with E-state index in [4.69, 9.17) is 9.47 Å².